The predicted octanol–water partition coefficient (Wildman–Crippen LogP) is -1.59. The second-order valence-corrected chi connectivity index (χ2v) is 4.96. The summed E-state index contributed by atoms with van der Waals surface area (Å²) < 4.78 is 26.9. The van der Waals surface area contributed by atoms with Crippen LogP contribution in [0.4, 0.5) is 0 Å². The van der Waals surface area contributed by atoms with Gasteiger partial charge in [0.2, 0.25) is 0 Å². The highest BCUT2D eigenvalue weighted by Gasteiger charge is 2.26. The number of aliphatic carboxylic acids is 1. The lowest BCUT2D eigenvalue weighted by Crippen LogP contribution is -2.39. The normalized spacial score (nSPS) is 18.7. The van der Waals surface area contributed by atoms with Gasteiger partial charge in [0.25, 0.3) is 10.2 Å². The molecule has 4 N–H and O–H groups in total. The number of carboxylic acid groups (broad SMARTS) is 1. The van der Waals surface area contributed by atoms with Crippen molar-refractivity contribution in [3.05, 3.63) is 0 Å². The first-order valence-electron chi connectivity index (χ1n) is 4.58. The summed E-state index contributed by atoms with van der Waals surface area (Å²) in [6.07, 6.45) is -0.0215. The second-order valence-electron chi connectivity index (χ2n) is 3.43. The number of carboxylic acids is 1. The molecule has 0 saturated heterocycles. The largest absolute Gasteiger partial charge is 0.479 e. The van der Waals surface area contributed by atoms with Crippen molar-refractivity contribution in [2.75, 3.05) is 6.54 Å². The Morgan fingerprint density at radius 2 is 2.07 bits per heavy atom. The van der Waals surface area contributed by atoms with Crippen molar-refractivity contribution >= 4 is 16.2 Å². The Kier molecular flexibility index (Phi) is 4.03. The molecule has 0 radical (unpaired) electrons. The molecule has 0 aromatic rings. The van der Waals surface area contributed by atoms with Gasteiger partial charge in [-0.1, -0.05) is 0 Å². The van der Waals surface area contributed by atoms with E-state index in [2.05, 4.69) is 9.44 Å². The van der Waals surface area contributed by atoms with Crippen LogP contribution in [0.1, 0.15) is 19.3 Å². The van der Waals surface area contributed by atoms with Gasteiger partial charge < -0.3 is 10.2 Å². The minimum Gasteiger partial charge on any atom is -0.479 e. The summed E-state index contributed by atoms with van der Waals surface area (Å²) in [4.78, 5) is 10.2. The smallest absolute Gasteiger partial charge is 0.332 e. The van der Waals surface area contributed by atoms with Crippen molar-refractivity contribution in [2.24, 2.45) is 0 Å². The first-order chi connectivity index (χ1) is 6.91. The van der Waals surface area contributed by atoms with E-state index in [0.29, 0.717) is 0 Å². The molecule has 8 heteroatoms. The van der Waals surface area contributed by atoms with Gasteiger partial charge in [0.15, 0.2) is 6.10 Å². The minimum absolute atomic E-state index is 0.00639. The predicted molar refractivity (Wildman–Crippen MR) is 51.3 cm³/mol. The number of carbonyl (C=O) groups is 1. The maximum absolute atomic E-state index is 11.2. The SMILES string of the molecule is O=C(O)[C@@H](O)CCNS(=O)(=O)NC1CC1. The quantitative estimate of drug-likeness (QED) is 0.426. The Bertz CT molecular complexity index is 324. The topological polar surface area (TPSA) is 116 Å². The van der Waals surface area contributed by atoms with Gasteiger partial charge in [0.05, 0.1) is 0 Å². The monoisotopic (exact) mass is 238 g/mol. The highest BCUT2D eigenvalue weighted by atomic mass is 32.2. The molecule has 0 aromatic carbocycles. The maximum atomic E-state index is 11.2. The molecule has 1 atom stereocenters. The number of rotatable bonds is 7. The summed E-state index contributed by atoms with van der Waals surface area (Å²) in [5.74, 6) is -1.36. The molecule has 15 heavy (non-hydrogen) atoms. The van der Waals surface area contributed by atoms with Gasteiger partial charge in [-0.15, -0.1) is 0 Å². The molecule has 0 heterocycles. The summed E-state index contributed by atoms with van der Waals surface area (Å²) in [5.41, 5.74) is 0. The van der Waals surface area contributed by atoms with Gasteiger partial charge in [-0.25, -0.2) is 9.52 Å². The van der Waals surface area contributed by atoms with Crippen molar-refractivity contribution in [1.29, 1.82) is 0 Å². The zero-order valence-corrected chi connectivity index (χ0v) is 8.83. The Morgan fingerprint density at radius 1 is 1.47 bits per heavy atom. The highest BCUT2D eigenvalue weighted by Crippen LogP contribution is 2.19. The Hall–Kier alpha value is -0.700. The lowest BCUT2D eigenvalue weighted by molar-refractivity contribution is -0.146. The average molecular weight is 238 g/mol. The van der Waals surface area contributed by atoms with Crippen LogP contribution < -0.4 is 9.44 Å². The average Bonchev–Trinajstić information content (AvgIpc) is 2.86. The van der Waals surface area contributed by atoms with Crippen molar-refractivity contribution in [2.45, 2.75) is 31.4 Å². The van der Waals surface area contributed by atoms with Crippen LogP contribution in [0.3, 0.4) is 0 Å². The van der Waals surface area contributed by atoms with Crippen molar-refractivity contribution in [3.8, 4) is 0 Å². The number of hydrogen-bond acceptors (Lipinski definition) is 4. The zero-order valence-electron chi connectivity index (χ0n) is 8.01. The summed E-state index contributed by atoms with van der Waals surface area (Å²) in [7, 11) is -3.54. The molecular formula is C7H14N2O5S. The number of aliphatic hydroxyl groups is 1. The second kappa shape index (κ2) is 4.88. The van der Waals surface area contributed by atoms with Gasteiger partial charge in [0, 0.05) is 12.6 Å². The summed E-state index contributed by atoms with van der Waals surface area (Å²) in [5, 5.41) is 17.2. The van der Waals surface area contributed by atoms with Crippen LogP contribution in [0.5, 0.6) is 0 Å². The van der Waals surface area contributed by atoms with Crippen LogP contribution in [-0.2, 0) is 15.0 Å². The molecule has 0 aliphatic heterocycles. The van der Waals surface area contributed by atoms with E-state index >= 15 is 0 Å². The van der Waals surface area contributed by atoms with Crippen molar-refractivity contribution in [1.82, 2.24) is 9.44 Å². The Labute approximate surface area is 87.7 Å². The van der Waals surface area contributed by atoms with Crippen LogP contribution in [0.2, 0.25) is 0 Å². The number of aliphatic hydroxyl groups excluding tert-OH is 1. The summed E-state index contributed by atoms with van der Waals surface area (Å²) in [6.45, 7) is -0.102. The number of nitrogens with one attached hydrogen (secondary N) is 2. The molecular weight excluding hydrogens is 224 g/mol. The fourth-order valence-corrected chi connectivity index (χ4v) is 2.06. The molecule has 0 spiro atoms. The van der Waals surface area contributed by atoms with Gasteiger partial charge in [0.1, 0.15) is 0 Å². The van der Waals surface area contributed by atoms with Gasteiger partial charge in [-0.05, 0) is 19.3 Å². The third-order valence-electron chi connectivity index (χ3n) is 1.89. The van der Waals surface area contributed by atoms with E-state index in [1.54, 1.807) is 0 Å². The minimum atomic E-state index is -3.54. The Morgan fingerprint density at radius 3 is 2.53 bits per heavy atom. The van der Waals surface area contributed by atoms with Crippen LogP contribution in [0.25, 0.3) is 0 Å². The van der Waals surface area contributed by atoms with Gasteiger partial charge in [-0.3, -0.25) is 0 Å². The van der Waals surface area contributed by atoms with Crippen LogP contribution in [-0.4, -0.2) is 43.3 Å². The van der Waals surface area contributed by atoms with Crippen LogP contribution in [0, 0.1) is 0 Å². The zero-order chi connectivity index (χ0) is 11.5. The van der Waals surface area contributed by atoms with Gasteiger partial charge in [-0.2, -0.15) is 13.1 Å². The molecule has 1 fully saturated rings. The fourth-order valence-electron chi connectivity index (χ4n) is 0.916. The summed E-state index contributed by atoms with van der Waals surface area (Å²) in [6, 6.07) is 0.00639. The highest BCUT2D eigenvalue weighted by molar-refractivity contribution is 7.87. The van der Waals surface area contributed by atoms with E-state index in [9.17, 15) is 13.2 Å². The molecule has 0 unspecified atom stereocenters. The van der Waals surface area contributed by atoms with Crippen molar-refractivity contribution in [3.63, 3.8) is 0 Å². The molecule has 0 amide bonds. The van der Waals surface area contributed by atoms with E-state index in [4.69, 9.17) is 10.2 Å². The van der Waals surface area contributed by atoms with E-state index < -0.39 is 22.3 Å². The van der Waals surface area contributed by atoms with E-state index in [1.165, 1.54) is 0 Å². The van der Waals surface area contributed by atoms with E-state index in [0.717, 1.165) is 12.8 Å². The van der Waals surface area contributed by atoms with Crippen molar-refractivity contribution < 1.29 is 23.4 Å². The molecule has 7 nitrogen and oxygen atoms in total. The molecule has 0 aromatic heterocycles. The summed E-state index contributed by atoms with van der Waals surface area (Å²) >= 11 is 0. The molecule has 88 valence electrons. The Balaban J connectivity index is 2.20. The first kappa shape index (κ1) is 12.4. The standard InChI is InChI=1S/C7H14N2O5S/c10-6(7(11)12)3-4-8-15(13,14)9-5-1-2-5/h5-6,8-10H,1-4H2,(H,11,12)/t6-/m0/s1. The molecule has 1 rings (SSSR count). The lowest BCUT2D eigenvalue weighted by atomic mass is 10.3. The third-order valence-corrected chi connectivity index (χ3v) is 3.12. The third kappa shape index (κ3) is 5.07. The lowest BCUT2D eigenvalue weighted by Gasteiger charge is -2.08. The van der Waals surface area contributed by atoms with Crippen LogP contribution in [0.15, 0.2) is 0 Å². The molecule has 1 aliphatic carbocycles. The molecule has 0 bridgehead atoms. The fraction of sp³-hybridized carbons (Fsp3) is 0.857. The molecule has 1 aliphatic rings. The maximum Gasteiger partial charge on any atom is 0.332 e. The van der Waals surface area contributed by atoms with E-state index in [1.807, 2.05) is 0 Å². The van der Waals surface area contributed by atoms with Gasteiger partial charge >= 0.3 is 5.97 Å². The van der Waals surface area contributed by atoms with Crippen LogP contribution >= 0.6 is 0 Å². The first-order valence-corrected chi connectivity index (χ1v) is 6.07. The molecule has 1 saturated carbocycles. The van der Waals surface area contributed by atoms with E-state index in [-0.39, 0.29) is 19.0 Å². The number of hydrogen-bond donors (Lipinski definition) is 4.